The van der Waals surface area contributed by atoms with E-state index in [0.29, 0.717) is 0 Å². The number of piperazine rings is 1. The summed E-state index contributed by atoms with van der Waals surface area (Å²) in [7, 11) is 0. The van der Waals surface area contributed by atoms with Gasteiger partial charge in [-0.2, -0.15) is 9.78 Å². The summed E-state index contributed by atoms with van der Waals surface area (Å²) < 4.78 is 1.34. The van der Waals surface area contributed by atoms with Crippen molar-refractivity contribution in [3.63, 3.8) is 0 Å². The van der Waals surface area contributed by atoms with Gasteiger partial charge in [-0.1, -0.05) is 29.8 Å². The van der Waals surface area contributed by atoms with E-state index >= 15 is 0 Å². The maximum Gasteiger partial charge on any atom is 0.292 e. The third-order valence-electron chi connectivity index (χ3n) is 3.45. The van der Waals surface area contributed by atoms with E-state index in [1.165, 1.54) is 4.68 Å². The van der Waals surface area contributed by atoms with Gasteiger partial charge in [0.1, 0.15) is 5.02 Å². The van der Waals surface area contributed by atoms with Gasteiger partial charge in [0.05, 0.1) is 43.8 Å². The fraction of sp³-hybridized carbons (Fsp3) is 0.286. The van der Waals surface area contributed by atoms with E-state index in [2.05, 4.69) is 15.3 Å². The lowest BCUT2D eigenvalue weighted by Gasteiger charge is -2.27. The average molecular weight is 292 g/mol. The number of anilines is 1. The molecule has 3 rings (SSSR count). The zero-order valence-electron chi connectivity index (χ0n) is 11.0. The summed E-state index contributed by atoms with van der Waals surface area (Å²) in [6, 6.07) is 9.30. The third kappa shape index (κ3) is 2.42. The van der Waals surface area contributed by atoms with Crippen LogP contribution < -0.4 is 15.8 Å². The quantitative estimate of drug-likeness (QED) is 0.864. The molecule has 1 aliphatic rings. The first-order valence-corrected chi connectivity index (χ1v) is 7.05. The second kappa shape index (κ2) is 5.64. The molecule has 1 aliphatic heterocycles. The summed E-state index contributed by atoms with van der Waals surface area (Å²) in [6.45, 7) is 3.79. The molecule has 2 aromatic rings. The Bertz CT molecular complexity index is 650. The molecular weight excluding hydrogens is 276 g/mol. The SMILES string of the molecule is O=c1c(Cl)c(N2CC[NH2+]CC2)cnn1-c1ccccc1. The lowest BCUT2D eigenvalue weighted by Crippen LogP contribution is -2.89. The molecule has 0 saturated carbocycles. The molecular formula is C14H16ClN4O+. The number of aromatic nitrogens is 2. The molecule has 104 valence electrons. The lowest BCUT2D eigenvalue weighted by atomic mass is 10.3. The van der Waals surface area contributed by atoms with Gasteiger partial charge in [0.15, 0.2) is 0 Å². The van der Waals surface area contributed by atoms with Crippen LogP contribution in [0.25, 0.3) is 5.69 Å². The average Bonchev–Trinajstić information content (AvgIpc) is 2.52. The molecule has 1 fully saturated rings. The smallest absolute Gasteiger partial charge is 0.292 e. The van der Waals surface area contributed by atoms with Crippen molar-refractivity contribution in [3.05, 3.63) is 51.9 Å². The van der Waals surface area contributed by atoms with Crippen LogP contribution >= 0.6 is 11.6 Å². The van der Waals surface area contributed by atoms with Crippen molar-refractivity contribution in [3.8, 4) is 5.69 Å². The third-order valence-corrected chi connectivity index (χ3v) is 3.80. The molecule has 1 saturated heterocycles. The van der Waals surface area contributed by atoms with Crippen molar-refractivity contribution in [2.24, 2.45) is 0 Å². The highest BCUT2D eigenvalue weighted by Crippen LogP contribution is 2.21. The summed E-state index contributed by atoms with van der Waals surface area (Å²) in [6.07, 6.45) is 1.68. The van der Waals surface area contributed by atoms with Crippen molar-refractivity contribution in [1.29, 1.82) is 0 Å². The van der Waals surface area contributed by atoms with E-state index in [0.717, 1.165) is 37.6 Å². The fourth-order valence-electron chi connectivity index (χ4n) is 2.39. The van der Waals surface area contributed by atoms with E-state index in [4.69, 9.17) is 11.6 Å². The summed E-state index contributed by atoms with van der Waals surface area (Å²) in [5, 5.41) is 6.75. The number of hydrogen-bond donors (Lipinski definition) is 1. The Hall–Kier alpha value is -1.85. The van der Waals surface area contributed by atoms with Gasteiger partial charge in [0.2, 0.25) is 0 Å². The van der Waals surface area contributed by atoms with Gasteiger partial charge in [0, 0.05) is 0 Å². The number of quaternary nitrogens is 1. The Morgan fingerprint density at radius 3 is 2.55 bits per heavy atom. The van der Waals surface area contributed by atoms with Crippen LogP contribution in [0.2, 0.25) is 5.02 Å². The molecule has 0 amide bonds. The van der Waals surface area contributed by atoms with Crippen LogP contribution in [0.1, 0.15) is 0 Å². The molecule has 0 radical (unpaired) electrons. The minimum Gasteiger partial charge on any atom is -0.358 e. The number of para-hydroxylation sites is 1. The van der Waals surface area contributed by atoms with Crippen molar-refractivity contribution in [2.75, 3.05) is 31.1 Å². The first-order chi connectivity index (χ1) is 9.77. The van der Waals surface area contributed by atoms with E-state index < -0.39 is 0 Å². The Morgan fingerprint density at radius 1 is 1.15 bits per heavy atom. The van der Waals surface area contributed by atoms with Crippen LogP contribution in [0.5, 0.6) is 0 Å². The number of nitrogens with two attached hydrogens (primary N) is 1. The van der Waals surface area contributed by atoms with Gasteiger partial charge in [-0.3, -0.25) is 4.79 Å². The molecule has 0 bridgehead atoms. The van der Waals surface area contributed by atoms with E-state index in [9.17, 15) is 4.79 Å². The van der Waals surface area contributed by atoms with Gasteiger partial charge in [-0.15, -0.1) is 0 Å². The van der Waals surface area contributed by atoms with Crippen LogP contribution in [0, 0.1) is 0 Å². The summed E-state index contributed by atoms with van der Waals surface area (Å²) in [4.78, 5) is 14.5. The molecule has 2 heterocycles. The molecule has 5 nitrogen and oxygen atoms in total. The zero-order chi connectivity index (χ0) is 13.9. The summed E-state index contributed by atoms with van der Waals surface area (Å²) in [5.74, 6) is 0. The van der Waals surface area contributed by atoms with E-state index in [-0.39, 0.29) is 10.6 Å². The van der Waals surface area contributed by atoms with Crippen molar-refractivity contribution < 1.29 is 5.32 Å². The number of rotatable bonds is 2. The minimum atomic E-state index is -0.273. The second-order valence-electron chi connectivity index (χ2n) is 4.75. The minimum absolute atomic E-state index is 0.241. The van der Waals surface area contributed by atoms with Crippen molar-refractivity contribution in [2.45, 2.75) is 0 Å². The maximum atomic E-state index is 12.4. The summed E-state index contributed by atoms with van der Waals surface area (Å²) in [5.41, 5.74) is 1.18. The number of halogens is 1. The van der Waals surface area contributed by atoms with Crippen LogP contribution in [-0.2, 0) is 0 Å². The van der Waals surface area contributed by atoms with Crippen LogP contribution in [0.15, 0.2) is 41.3 Å². The molecule has 0 aliphatic carbocycles. The Balaban J connectivity index is 2.01. The highest BCUT2D eigenvalue weighted by atomic mass is 35.5. The standard InChI is InChI=1S/C14H15ClN4O/c15-13-12(18-8-6-16-7-9-18)10-17-19(14(13)20)11-4-2-1-3-5-11/h1-5,10,16H,6-9H2/p+1. The van der Waals surface area contributed by atoms with Gasteiger partial charge in [0.25, 0.3) is 5.56 Å². The van der Waals surface area contributed by atoms with Crippen LogP contribution in [-0.4, -0.2) is 36.0 Å². The Labute approximate surface area is 121 Å². The highest BCUT2D eigenvalue weighted by Gasteiger charge is 2.19. The van der Waals surface area contributed by atoms with Crippen LogP contribution in [0.3, 0.4) is 0 Å². The highest BCUT2D eigenvalue weighted by molar-refractivity contribution is 6.33. The molecule has 0 atom stereocenters. The first-order valence-electron chi connectivity index (χ1n) is 6.67. The first kappa shape index (κ1) is 13.1. The van der Waals surface area contributed by atoms with Crippen LogP contribution in [0.4, 0.5) is 5.69 Å². The largest absolute Gasteiger partial charge is 0.358 e. The molecule has 1 aromatic heterocycles. The Kier molecular flexibility index (Phi) is 3.71. The van der Waals surface area contributed by atoms with Crippen molar-refractivity contribution in [1.82, 2.24) is 9.78 Å². The van der Waals surface area contributed by atoms with Gasteiger partial charge >= 0.3 is 0 Å². The van der Waals surface area contributed by atoms with E-state index in [1.807, 2.05) is 30.3 Å². The molecule has 20 heavy (non-hydrogen) atoms. The monoisotopic (exact) mass is 291 g/mol. The van der Waals surface area contributed by atoms with Crippen molar-refractivity contribution >= 4 is 17.3 Å². The number of nitrogens with zero attached hydrogens (tertiary/aromatic N) is 3. The predicted molar refractivity (Wildman–Crippen MR) is 78.7 cm³/mol. The number of benzene rings is 1. The fourth-order valence-corrected chi connectivity index (χ4v) is 2.64. The topological polar surface area (TPSA) is 54.7 Å². The molecule has 2 N–H and O–H groups in total. The number of hydrogen-bond acceptors (Lipinski definition) is 3. The van der Waals surface area contributed by atoms with Gasteiger partial charge in [-0.05, 0) is 12.1 Å². The molecule has 6 heteroatoms. The van der Waals surface area contributed by atoms with Gasteiger partial charge in [-0.25, -0.2) is 0 Å². The normalized spacial score (nSPS) is 15.3. The predicted octanol–water partition coefficient (Wildman–Crippen LogP) is 0.269. The molecule has 0 unspecified atom stereocenters. The Morgan fingerprint density at radius 2 is 1.85 bits per heavy atom. The summed E-state index contributed by atoms with van der Waals surface area (Å²) >= 11 is 6.26. The molecule has 1 aromatic carbocycles. The molecule has 0 spiro atoms. The van der Waals surface area contributed by atoms with E-state index in [1.54, 1.807) is 6.20 Å². The maximum absolute atomic E-state index is 12.4. The van der Waals surface area contributed by atoms with Gasteiger partial charge < -0.3 is 10.2 Å². The second-order valence-corrected chi connectivity index (χ2v) is 5.13. The zero-order valence-corrected chi connectivity index (χ0v) is 11.8. The lowest BCUT2D eigenvalue weighted by molar-refractivity contribution is -0.655.